The standard InChI is InChI=1S/C14H15N3S/c1-8-12(13-14(15)18-9(2)16-13)10-6-4-5-7-11(10)17(8)3/h4-7H,15H2,1-3H3. The van der Waals surface area contributed by atoms with Gasteiger partial charge in [-0.25, -0.2) is 4.98 Å². The number of fused-ring (bicyclic) bond motifs is 1. The van der Waals surface area contributed by atoms with E-state index >= 15 is 0 Å². The van der Waals surface area contributed by atoms with Crippen LogP contribution >= 0.6 is 11.3 Å². The van der Waals surface area contributed by atoms with Crippen LogP contribution in [0.15, 0.2) is 24.3 Å². The van der Waals surface area contributed by atoms with Gasteiger partial charge in [-0.05, 0) is 19.9 Å². The Labute approximate surface area is 110 Å². The van der Waals surface area contributed by atoms with E-state index in [-0.39, 0.29) is 0 Å². The molecule has 0 aliphatic heterocycles. The molecule has 2 N–H and O–H groups in total. The van der Waals surface area contributed by atoms with Crippen molar-refractivity contribution in [2.24, 2.45) is 7.05 Å². The molecule has 0 fully saturated rings. The lowest BCUT2D eigenvalue weighted by Gasteiger charge is -2.00. The molecule has 0 bridgehead atoms. The molecule has 0 saturated heterocycles. The fourth-order valence-corrected chi connectivity index (χ4v) is 3.14. The number of nitrogens with zero attached hydrogens (tertiary/aromatic N) is 2. The van der Waals surface area contributed by atoms with Gasteiger partial charge in [0, 0.05) is 29.2 Å². The first kappa shape index (κ1) is 11.3. The van der Waals surface area contributed by atoms with Crippen LogP contribution in [0.1, 0.15) is 10.7 Å². The average molecular weight is 257 g/mol. The van der Waals surface area contributed by atoms with Crippen LogP contribution in [-0.4, -0.2) is 9.55 Å². The van der Waals surface area contributed by atoms with Crippen LogP contribution in [0, 0.1) is 13.8 Å². The fraction of sp³-hybridized carbons (Fsp3) is 0.214. The molecule has 3 rings (SSSR count). The third kappa shape index (κ3) is 1.46. The number of aryl methyl sites for hydroxylation is 2. The third-order valence-corrected chi connectivity index (χ3v) is 4.20. The Morgan fingerprint density at radius 3 is 2.61 bits per heavy atom. The molecule has 3 aromatic rings. The molecular weight excluding hydrogens is 242 g/mol. The number of para-hydroxylation sites is 1. The Bertz CT molecular complexity index is 737. The Morgan fingerprint density at radius 2 is 1.94 bits per heavy atom. The Balaban J connectivity index is 2.42. The minimum absolute atomic E-state index is 0.798. The molecule has 0 spiro atoms. The van der Waals surface area contributed by atoms with Gasteiger partial charge in [0.2, 0.25) is 0 Å². The van der Waals surface area contributed by atoms with Crippen molar-refractivity contribution in [2.45, 2.75) is 13.8 Å². The fourth-order valence-electron chi connectivity index (χ4n) is 2.44. The molecule has 0 radical (unpaired) electrons. The Morgan fingerprint density at radius 1 is 1.22 bits per heavy atom. The van der Waals surface area contributed by atoms with Crippen molar-refractivity contribution in [1.82, 2.24) is 9.55 Å². The summed E-state index contributed by atoms with van der Waals surface area (Å²) in [6.07, 6.45) is 0. The summed E-state index contributed by atoms with van der Waals surface area (Å²) in [7, 11) is 2.08. The number of hydrogen-bond donors (Lipinski definition) is 1. The van der Waals surface area contributed by atoms with Gasteiger partial charge in [0.05, 0.1) is 5.01 Å². The molecule has 3 nitrogen and oxygen atoms in total. The van der Waals surface area contributed by atoms with Gasteiger partial charge in [-0.2, -0.15) is 0 Å². The van der Waals surface area contributed by atoms with E-state index in [1.165, 1.54) is 16.6 Å². The van der Waals surface area contributed by atoms with Gasteiger partial charge in [-0.3, -0.25) is 0 Å². The summed E-state index contributed by atoms with van der Waals surface area (Å²) >= 11 is 1.55. The summed E-state index contributed by atoms with van der Waals surface area (Å²) in [4.78, 5) is 4.58. The Kier molecular flexibility index (Phi) is 2.41. The maximum atomic E-state index is 6.09. The molecule has 0 saturated carbocycles. The van der Waals surface area contributed by atoms with E-state index in [0.29, 0.717) is 0 Å². The van der Waals surface area contributed by atoms with Crippen molar-refractivity contribution < 1.29 is 0 Å². The van der Waals surface area contributed by atoms with Gasteiger partial charge >= 0.3 is 0 Å². The van der Waals surface area contributed by atoms with Crippen LogP contribution in [0.25, 0.3) is 22.2 Å². The molecule has 1 aromatic carbocycles. The average Bonchev–Trinajstić information content (AvgIpc) is 2.79. The predicted molar refractivity (Wildman–Crippen MR) is 77.9 cm³/mol. The predicted octanol–water partition coefficient (Wildman–Crippen LogP) is 3.50. The van der Waals surface area contributed by atoms with Crippen LogP contribution in [0.2, 0.25) is 0 Å². The van der Waals surface area contributed by atoms with Crippen molar-refractivity contribution in [3.05, 3.63) is 35.0 Å². The summed E-state index contributed by atoms with van der Waals surface area (Å²) in [5.74, 6) is 0. The van der Waals surface area contributed by atoms with Crippen molar-refractivity contribution in [2.75, 3.05) is 5.73 Å². The molecule has 92 valence electrons. The third-order valence-electron chi connectivity index (χ3n) is 3.40. The Hall–Kier alpha value is -1.81. The lowest BCUT2D eigenvalue weighted by Crippen LogP contribution is -1.92. The quantitative estimate of drug-likeness (QED) is 0.725. The molecule has 0 aliphatic rings. The van der Waals surface area contributed by atoms with E-state index in [0.717, 1.165) is 21.3 Å². The highest BCUT2D eigenvalue weighted by Crippen LogP contribution is 2.38. The SMILES string of the molecule is Cc1nc(-c2c(C)n(C)c3ccccc23)c(N)s1. The van der Waals surface area contributed by atoms with E-state index in [1.807, 2.05) is 6.92 Å². The summed E-state index contributed by atoms with van der Waals surface area (Å²) < 4.78 is 2.19. The smallest absolute Gasteiger partial charge is 0.114 e. The topological polar surface area (TPSA) is 43.8 Å². The summed E-state index contributed by atoms with van der Waals surface area (Å²) in [5.41, 5.74) is 10.6. The zero-order chi connectivity index (χ0) is 12.9. The lowest BCUT2D eigenvalue weighted by molar-refractivity contribution is 0.919. The summed E-state index contributed by atoms with van der Waals surface area (Å²) in [6, 6.07) is 8.37. The van der Waals surface area contributed by atoms with Gasteiger partial charge in [-0.15, -0.1) is 11.3 Å². The normalized spacial score (nSPS) is 11.3. The molecule has 0 unspecified atom stereocenters. The number of thiazole rings is 1. The van der Waals surface area contributed by atoms with Gasteiger partial charge in [0.15, 0.2) is 0 Å². The van der Waals surface area contributed by atoms with Crippen LogP contribution in [-0.2, 0) is 7.05 Å². The van der Waals surface area contributed by atoms with E-state index in [4.69, 9.17) is 5.73 Å². The van der Waals surface area contributed by atoms with Gasteiger partial charge in [0.1, 0.15) is 10.7 Å². The minimum atomic E-state index is 0.798. The van der Waals surface area contributed by atoms with Crippen molar-refractivity contribution in [1.29, 1.82) is 0 Å². The molecule has 4 heteroatoms. The zero-order valence-electron chi connectivity index (χ0n) is 10.7. The molecule has 18 heavy (non-hydrogen) atoms. The first-order valence-electron chi connectivity index (χ1n) is 5.87. The van der Waals surface area contributed by atoms with Crippen molar-refractivity contribution in [3.8, 4) is 11.3 Å². The second-order valence-corrected chi connectivity index (χ2v) is 5.72. The van der Waals surface area contributed by atoms with Crippen LogP contribution < -0.4 is 5.73 Å². The maximum Gasteiger partial charge on any atom is 0.114 e. The largest absolute Gasteiger partial charge is 0.389 e. The van der Waals surface area contributed by atoms with E-state index in [1.54, 1.807) is 11.3 Å². The van der Waals surface area contributed by atoms with Crippen LogP contribution in [0.3, 0.4) is 0 Å². The van der Waals surface area contributed by atoms with Crippen molar-refractivity contribution in [3.63, 3.8) is 0 Å². The van der Waals surface area contributed by atoms with Crippen LogP contribution in [0.4, 0.5) is 5.00 Å². The second kappa shape index (κ2) is 3.85. The number of nitrogen functional groups attached to an aromatic ring is 1. The molecule has 0 aliphatic carbocycles. The lowest BCUT2D eigenvalue weighted by atomic mass is 10.1. The summed E-state index contributed by atoms with van der Waals surface area (Å²) in [5, 5.41) is 3.02. The zero-order valence-corrected chi connectivity index (χ0v) is 11.5. The van der Waals surface area contributed by atoms with Gasteiger partial charge in [0.25, 0.3) is 0 Å². The van der Waals surface area contributed by atoms with E-state index in [2.05, 4.69) is 47.8 Å². The highest BCUT2D eigenvalue weighted by Gasteiger charge is 2.18. The molecule has 2 heterocycles. The van der Waals surface area contributed by atoms with Gasteiger partial charge < -0.3 is 10.3 Å². The van der Waals surface area contributed by atoms with E-state index in [9.17, 15) is 0 Å². The monoisotopic (exact) mass is 257 g/mol. The highest BCUT2D eigenvalue weighted by molar-refractivity contribution is 7.16. The van der Waals surface area contributed by atoms with Gasteiger partial charge in [-0.1, -0.05) is 18.2 Å². The van der Waals surface area contributed by atoms with E-state index < -0.39 is 0 Å². The number of anilines is 1. The molecule has 0 atom stereocenters. The summed E-state index contributed by atoms with van der Waals surface area (Å²) in [6.45, 7) is 4.11. The minimum Gasteiger partial charge on any atom is -0.389 e. The second-order valence-electron chi connectivity index (χ2n) is 4.48. The number of benzene rings is 1. The van der Waals surface area contributed by atoms with Crippen LogP contribution in [0.5, 0.6) is 0 Å². The van der Waals surface area contributed by atoms with Crippen molar-refractivity contribution >= 4 is 27.2 Å². The number of aromatic nitrogens is 2. The number of nitrogens with two attached hydrogens (primary N) is 1. The maximum absolute atomic E-state index is 6.09. The number of rotatable bonds is 1. The highest BCUT2D eigenvalue weighted by atomic mass is 32.1. The first-order valence-corrected chi connectivity index (χ1v) is 6.68. The first-order chi connectivity index (χ1) is 8.59. The molecular formula is C14H15N3S. The number of hydrogen-bond acceptors (Lipinski definition) is 3. The molecule has 2 aromatic heterocycles. The molecule has 0 amide bonds.